The minimum absolute atomic E-state index is 0.00230. The van der Waals surface area contributed by atoms with Crippen LogP contribution in [0.4, 0.5) is 14.5 Å². The van der Waals surface area contributed by atoms with Crippen molar-refractivity contribution in [2.75, 3.05) is 10.8 Å². The van der Waals surface area contributed by atoms with Gasteiger partial charge in [-0.3, -0.25) is 8.99 Å². The molecule has 0 aliphatic carbocycles. The largest absolute Gasteiger partial charge is 0.274 e. The van der Waals surface area contributed by atoms with Crippen molar-refractivity contribution in [2.24, 2.45) is 7.05 Å². The van der Waals surface area contributed by atoms with E-state index in [9.17, 15) is 17.2 Å². The van der Waals surface area contributed by atoms with Crippen molar-refractivity contribution >= 4 is 15.7 Å². The molecule has 0 fully saturated rings. The maximum absolute atomic E-state index is 13.6. The quantitative estimate of drug-likeness (QED) is 0.843. The van der Waals surface area contributed by atoms with Gasteiger partial charge in [-0.15, -0.1) is 0 Å². The van der Waals surface area contributed by atoms with Gasteiger partial charge in [-0.1, -0.05) is 0 Å². The molecule has 5 nitrogen and oxygen atoms in total. The summed E-state index contributed by atoms with van der Waals surface area (Å²) in [6.45, 7) is 0.0902. The van der Waals surface area contributed by atoms with Crippen LogP contribution in [0.15, 0.2) is 29.4 Å². The van der Waals surface area contributed by atoms with Crippen molar-refractivity contribution in [2.45, 2.75) is 11.3 Å². The highest BCUT2D eigenvalue weighted by Gasteiger charge is 2.33. The van der Waals surface area contributed by atoms with Crippen LogP contribution >= 0.6 is 0 Å². The molecule has 0 saturated heterocycles. The van der Waals surface area contributed by atoms with E-state index in [-0.39, 0.29) is 29.1 Å². The second kappa shape index (κ2) is 4.27. The molecule has 1 aliphatic rings. The highest BCUT2D eigenvalue weighted by Crippen LogP contribution is 2.35. The first-order chi connectivity index (χ1) is 9.39. The van der Waals surface area contributed by atoms with E-state index >= 15 is 0 Å². The monoisotopic (exact) mass is 299 g/mol. The lowest BCUT2D eigenvalue weighted by molar-refractivity contribution is 0.577. The molecular weight excluding hydrogens is 288 g/mol. The molecule has 0 N–H and O–H groups in total. The molecule has 1 aromatic heterocycles. The zero-order valence-electron chi connectivity index (χ0n) is 10.5. The van der Waals surface area contributed by atoms with E-state index in [2.05, 4.69) is 5.10 Å². The Morgan fingerprint density at radius 1 is 1.30 bits per heavy atom. The number of aromatic nitrogens is 2. The van der Waals surface area contributed by atoms with E-state index in [0.29, 0.717) is 0 Å². The maximum atomic E-state index is 13.6. The van der Waals surface area contributed by atoms with Crippen LogP contribution in [0.1, 0.15) is 5.56 Å². The Kier molecular flexibility index (Phi) is 2.79. The van der Waals surface area contributed by atoms with Gasteiger partial charge in [0.15, 0.2) is 0 Å². The predicted molar refractivity (Wildman–Crippen MR) is 67.8 cm³/mol. The van der Waals surface area contributed by atoms with Gasteiger partial charge in [-0.05, 0) is 12.5 Å². The molecule has 2 heterocycles. The average Bonchev–Trinajstić information content (AvgIpc) is 2.95. The van der Waals surface area contributed by atoms with Crippen molar-refractivity contribution in [3.05, 3.63) is 41.7 Å². The number of hydrogen-bond donors (Lipinski definition) is 0. The molecule has 2 aromatic rings. The van der Waals surface area contributed by atoms with Crippen LogP contribution in [0.5, 0.6) is 0 Å². The third kappa shape index (κ3) is 1.87. The molecule has 1 aliphatic heterocycles. The molecule has 0 atom stereocenters. The molecule has 0 saturated carbocycles. The van der Waals surface area contributed by atoms with E-state index in [1.165, 1.54) is 17.1 Å². The predicted octanol–water partition coefficient (Wildman–Crippen LogP) is 1.45. The lowest BCUT2D eigenvalue weighted by Crippen LogP contribution is -2.28. The fourth-order valence-electron chi connectivity index (χ4n) is 2.30. The lowest BCUT2D eigenvalue weighted by atomic mass is 10.1. The zero-order valence-corrected chi connectivity index (χ0v) is 11.4. The van der Waals surface area contributed by atoms with Gasteiger partial charge in [0.1, 0.15) is 16.5 Å². The first-order valence-corrected chi connectivity index (χ1v) is 7.33. The van der Waals surface area contributed by atoms with Crippen molar-refractivity contribution in [3.63, 3.8) is 0 Å². The SMILES string of the molecule is Cn1cc(S(=O)(=O)N2CCc3c(F)cc(F)cc32)cn1. The molecule has 0 spiro atoms. The molecule has 106 valence electrons. The number of anilines is 1. The number of rotatable bonds is 2. The average molecular weight is 299 g/mol. The third-order valence-electron chi connectivity index (χ3n) is 3.24. The third-order valence-corrected chi connectivity index (χ3v) is 5.01. The number of fused-ring (bicyclic) bond motifs is 1. The number of hydrogen-bond acceptors (Lipinski definition) is 3. The smallest absolute Gasteiger partial charge is 0.267 e. The van der Waals surface area contributed by atoms with Crippen molar-refractivity contribution in [3.8, 4) is 0 Å². The molecule has 0 bridgehead atoms. The van der Waals surface area contributed by atoms with Gasteiger partial charge in [0, 0.05) is 31.4 Å². The number of sulfonamides is 1. The number of aryl methyl sites for hydroxylation is 1. The highest BCUT2D eigenvalue weighted by molar-refractivity contribution is 7.92. The van der Waals surface area contributed by atoms with E-state index in [0.717, 1.165) is 16.4 Å². The summed E-state index contributed by atoms with van der Waals surface area (Å²) in [5.74, 6) is -1.52. The van der Waals surface area contributed by atoms with Crippen LogP contribution in [-0.4, -0.2) is 24.7 Å². The van der Waals surface area contributed by atoms with Gasteiger partial charge in [0.2, 0.25) is 0 Å². The minimum atomic E-state index is -3.85. The summed E-state index contributed by atoms with van der Waals surface area (Å²) in [7, 11) is -2.25. The van der Waals surface area contributed by atoms with Crippen molar-refractivity contribution in [1.29, 1.82) is 0 Å². The Hall–Kier alpha value is -1.96. The first-order valence-electron chi connectivity index (χ1n) is 5.89. The second-order valence-electron chi connectivity index (χ2n) is 4.56. The molecule has 8 heteroatoms. The van der Waals surface area contributed by atoms with E-state index in [4.69, 9.17) is 0 Å². The van der Waals surface area contributed by atoms with Gasteiger partial charge in [-0.25, -0.2) is 17.2 Å². The van der Waals surface area contributed by atoms with Gasteiger partial charge in [-0.2, -0.15) is 5.10 Å². The Morgan fingerprint density at radius 2 is 2.05 bits per heavy atom. The summed E-state index contributed by atoms with van der Waals surface area (Å²) >= 11 is 0. The summed E-state index contributed by atoms with van der Waals surface area (Å²) in [5, 5.41) is 3.81. The standard InChI is InChI=1S/C12H11F2N3O2S/c1-16-7-9(6-15-16)20(18,19)17-3-2-10-11(14)4-8(13)5-12(10)17/h4-7H,2-3H2,1H3. The van der Waals surface area contributed by atoms with Gasteiger partial charge in [0.05, 0.1) is 11.9 Å². The van der Waals surface area contributed by atoms with E-state index < -0.39 is 21.7 Å². The maximum Gasteiger partial charge on any atom is 0.267 e. The fourth-order valence-corrected chi connectivity index (χ4v) is 3.78. The molecule has 0 radical (unpaired) electrons. The molecule has 20 heavy (non-hydrogen) atoms. The van der Waals surface area contributed by atoms with Crippen LogP contribution < -0.4 is 4.31 Å². The lowest BCUT2D eigenvalue weighted by Gasteiger charge is -2.18. The van der Waals surface area contributed by atoms with Crippen LogP contribution in [0, 0.1) is 11.6 Å². The van der Waals surface area contributed by atoms with Crippen LogP contribution in [-0.2, 0) is 23.5 Å². The zero-order chi connectivity index (χ0) is 14.5. The Bertz CT molecular complexity index is 786. The first kappa shape index (κ1) is 13.0. The van der Waals surface area contributed by atoms with Crippen LogP contribution in [0.25, 0.3) is 0 Å². The fraction of sp³-hybridized carbons (Fsp3) is 0.250. The van der Waals surface area contributed by atoms with Crippen LogP contribution in [0.2, 0.25) is 0 Å². The molecule has 1 aromatic carbocycles. The number of benzene rings is 1. The van der Waals surface area contributed by atoms with Crippen molar-refractivity contribution in [1.82, 2.24) is 9.78 Å². The summed E-state index contributed by atoms with van der Waals surface area (Å²) in [6.07, 6.45) is 2.78. The van der Waals surface area contributed by atoms with E-state index in [1.54, 1.807) is 7.05 Å². The molecule has 3 rings (SSSR count). The Labute approximate surface area is 114 Å². The van der Waals surface area contributed by atoms with Gasteiger partial charge in [0.25, 0.3) is 10.0 Å². The summed E-state index contributed by atoms with van der Waals surface area (Å²) in [6, 6.07) is 1.80. The summed E-state index contributed by atoms with van der Waals surface area (Å²) in [5.41, 5.74) is 0.283. The Balaban J connectivity index is 2.11. The van der Waals surface area contributed by atoms with Gasteiger partial charge >= 0.3 is 0 Å². The van der Waals surface area contributed by atoms with E-state index in [1.807, 2.05) is 0 Å². The summed E-state index contributed by atoms with van der Waals surface area (Å²) < 4.78 is 54.3. The molecule has 0 unspecified atom stereocenters. The topological polar surface area (TPSA) is 55.2 Å². The molecular formula is C12H11F2N3O2S. The number of halogens is 2. The molecule has 0 amide bonds. The van der Waals surface area contributed by atoms with Gasteiger partial charge < -0.3 is 0 Å². The number of nitrogens with zero attached hydrogens (tertiary/aromatic N) is 3. The van der Waals surface area contributed by atoms with Crippen LogP contribution in [0.3, 0.4) is 0 Å². The second-order valence-corrected chi connectivity index (χ2v) is 6.42. The minimum Gasteiger partial charge on any atom is -0.274 e. The Morgan fingerprint density at radius 3 is 2.70 bits per heavy atom. The van der Waals surface area contributed by atoms with Crippen molar-refractivity contribution < 1.29 is 17.2 Å². The normalized spacial score (nSPS) is 14.7. The summed E-state index contributed by atoms with van der Waals surface area (Å²) in [4.78, 5) is -0.00230. The highest BCUT2D eigenvalue weighted by atomic mass is 32.2.